The lowest BCUT2D eigenvalue weighted by Crippen LogP contribution is -2.42. The van der Waals surface area contributed by atoms with E-state index in [1.165, 1.54) is 11.3 Å². The van der Waals surface area contributed by atoms with Crippen molar-refractivity contribution in [1.29, 1.82) is 0 Å². The predicted octanol–water partition coefficient (Wildman–Crippen LogP) is 2.74. The van der Waals surface area contributed by atoms with E-state index in [-0.39, 0.29) is 24.4 Å². The van der Waals surface area contributed by atoms with Gasteiger partial charge in [0, 0.05) is 30.2 Å². The van der Waals surface area contributed by atoms with Crippen molar-refractivity contribution in [3.05, 3.63) is 52.5 Å². The summed E-state index contributed by atoms with van der Waals surface area (Å²) >= 11 is 1.46. The van der Waals surface area contributed by atoms with Crippen LogP contribution in [0.15, 0.2) is 41.9 Å². The van der Waals surface area contributed by atoms with Crippen LogP contribution in [0.1, 0.15) is 28.2 Å². The Hall–Kier alpha value is -2.21. The van der Waals surface area contributed by atoms with Crippen molar-refractivity contribution in [3.8, 4) is 0 Å². The highest BCUT2D eigenvalue weighted by Gasteiger charge is 2.30. The Kier molecular flexibility index (Phi) is 5.02. The summed E-state index contributed by atoms with van der Waals surface area (Å²) in [5, 5.41) is 2.63. The number of carbonyl (C=O) groups is 2. The summed E-state index contributed by atoms with van der Waals surface area (Å²) in [5.74, 6) is -0.523. The molecule has 1 aliphatic heterocycles. The first-order chi connectivity index (χ1) is 11.2. The molecule has 1 atom stereocenters. The molecule has 1 saturated heterocycles. The van der Waals surface area contributed by atoms with E-state index in [0.717, 1.165) is 17.8 Å². The van der Waals surface area contributed by atoms with E-state index >= 15 is 0 Å². The molecule has 0 aliphatic carbocycles. The van der Waals surface area contributed by atoms with Gasteiger partial charge in [0.25, 0.3) is 5.91 Å². The van der Waals surface area contributed by atoms with Gasteiger partial charge >= 0.3 is 5.97 Å². The first-order valence-corrected chi connectivity index (χ1v) is 8.51. The number of nitrogens with zero attached hydrogens (tertiary/aromatic N) is 2. The van der Waals surface area contributed by atoms with Crippen molar-refractivity contribution < 1.29 is 14.3 Å². The number of ether oxygens (including phenoxy) is 1. The average Bonchev–Trinajstić information content (AvgIpc) is 3.13. The van der Waals surface area contributed by atoms with Crippen molar-refractivity contribution in [1.82, 2.24) is 9.88 Å². The third-order valence-corrected chi connectivity index (χ3v) is 4.64. The van der Waals surface area contributed by atoms with Gasteiger partial charge in [-0.1, -0.05) is 18.2 Å². The second-order valence-corrected chi connectivity index (χ2v) is 6.47. The van der Waals surface area contributed by atoms with Crippen LogP contribution < -0.4 is 0 Å². The van der Waals surface area contributed by atoms with Gasteiger partial charge in [-0.15, -0.1) is 11.3 Å². The Balaban J connectivity index is 1.57. The van der Waals surface area contributed by atoms with Crippen LogP contribution in [-0.2, 0) is 16.1 Å². The molecule has 0 unspecified atom stereocenters. The van der Waals surface area contributed by atoms with Crippen molar-refractivity contribution in [2.45, 2.75) is 19.4 Å². The maximum Gasteiger partial charge on any atom is 0.311 e. The first kappa shape index (κ1) is 15.7. The Morgan fingerprint density at radius 3 is 2.87 bits per heavy atom. The Morgan fingerprint density at radius 2 is 2.13 bits per heavy atom. The lowest BCUT2D eigenvalue weighted by Gasteiger charge is -2.31. The van der Waals surface area contributed by atoms with Crippen LogP contribution >= 0.6 is 11.3 Å². The number of amides is 1. The van der Waals surface area contributed by atoms with E-state index in [1.54, 1.807) is 23.2 Å². The van der Waals surface area contributed by atoms with Crippen LogP contribution in [0.3, 0.4) is 0 Å². The lowest BCUT2D eigenvalue weighted by molar-refractivity contribution is -0.151. The molecule has 23 heavy (non-hydrogen) atoms. The highest BCUT2D eigenvalue weighted by atomic mass is 32.1. The van der Waals surface area contributed by atoms with Crippen molar-refractivity contribution in [2.24, 2.45) is 5.92 Å². The second-order valence-electron chi connectivity index (χ2n) is 5.49. The normalized spacial score (nSPS) is 17.7. The number of aromatic nitrogens is 1. The molecule has 120 valence electrons. The largest absolute Gasteiger partial charge is 0.458 e. The molecule has 1 amide bonds. The third kappa shape index (κ3) is 3.96. The molecule has 1 aromatic heterocycles. The molecule has 0 saturated carbocycles. The zero-order chi connectivity index (χ0) is 16.1. The smallest absolute Gasteiger partial charge is 0.311 e. The van der Waals surface area contributed by atoms with Crippen molar-refractivity contribution >= 4 is 23.2 Å². The number of carbonyl (C=O) groups excluding carboxylic acids is 2. The molecular weight excluding hydrogens is 312 g/mol. The lowest BCUT2D eigenvalue weighted by atomic mass is 9.97. The third-order valence-electron chi connectivity index (χ3n) is 3.88. The summed E-state index contributed by atoms with van der Waals surface area (Å²) in [5.41, 5.74) is 0.657. The van der Waals surface area contributed by atoms with Crippen LogP contribution in [0.25, 0.3) is 0 Å². The van der Waals surface area contributed by atoms with Gasteiger partial charge in [-0.2, -0.15) is 0 Å². The number of piperidine rings is 1. The topological polar surface area (TPSA) is 59.5 Å². The number of benzene rings is 1. The molecule has 0 bridgehead atoms. The number of hydrogen-bond donors (Lipinski definition) is 0. The summed E-state index contributed by atoms with van der Waals surface area (Å²) in [6.45, 7) is 1.31. The fourth-order valence-electron chi connectivity index (χ4n) is 2.69. The zero-order valence-electron chi connectivity index (χ0n) is 12.7. The van der Waals surface area contributed by atoms with E-state index in [4.69, 9.17) is 4.74 Å². The van der Waals surface area contributed by atoms with Gasteiger partial charge < -0.3 is 9.64 Å². The first-order valence-electron chi connectivity index (χ1n) is 7.63. The Labute approximate surface area is 138 Å². The molecular formula is C17H18N2O3S. The molecule has 0 spiro atoms. The maximum atomic E-state index is 12.5. The van der Waals surface area contributed by atoms with E-state index in [9.17, 15) is 9.59 Å². The van der Waals surface area contributed by atoms with Gasteiger partial charge in [0.1, 0.15) is 11.6 Å². The highest BCUT2D eigenvalue weighted by Crippen LogP contribution is 2.20. The van der Waals surface area contributed by atoms with Gasteiger partial charge in [-0.3, -0.25) is 9.59 Å². The van der Waals surface area contributed by atoms with Gasteiger partial charge in [-0.25, -0.2) is 4.98 Å². The van der Waals surface area contributed by atoms with E-state index in [0.29, 0.717) is 18.7 Å². The molecule has 3 rings (SSSR count). The van der Waals surface area contributed by atoms with Gasteiger partial charge in [0.2, 0.25) is 0 Å². The standard InChI is InChI=1S/C17H18N2O3S/c20-16(13-5-2-1-3-6-13)19-9-4-7-14(11-19)17(21)22-12-15-18-8-10-23-15/h1-3,5-6,8,10,14H,4,7,9,11-12H2/t14-/m0/s1. The average molecular weight is 330 g/mol. The number of hydrogen-bond acceptors (Lipinski definition) is 5. The fourth-order valence-corrected chi connectivity index (χ4v) is 3.22. The summed E-state index contributed by atoms with van der Waals surface area (Å²) in [6.07, 6.45) is 3.26. The number of likely N-dealkylation sites (tertiary alicyclic amines) is 1. The van der Waals surface area contributed by atoms with E-state index in [2.05, 4.69) is 4.98 Å². The van der Waals surface area contributed by atoms with Gasteiger partial charge in [0.05, 0.1) is 5.92 Å². The van der Waals surface area contributed by atoms with Gasteiger partial charge in [-0.05, 0) is 25.0 Å². The molecule has 0 radical (unpaired) electrons. The molecule has 2 heterocycles. The molecule has 1 aromatic carbocycles. The number of thiazole rings is 1. The molecule has 1 aliphatic rings. The van der Waals surface area contributed by atoms with Crippen molar-refractivity contribution in [3.63, 3.8) is 0 Å². The van der Waals surface area contributed by atoms with Crippen LogP contribution in [-0.4, -0.2) is 34.8 Å². The predicted molar refractivity (Wildman–Crippen MR) is 87.0 cm³/mol. The Bertz CT molecular complexity index is 658. The van der Waals surface area contributed by atoms with E-state index in [1.807, 2.05) is 23.6 Å². The monoisotopic (exact) mass is 330 g/mol. The Morgan fingerprint density at radius 1 is 1.30 bits per heavy atom. The van der Waals surface area contributed by atoms with Gasteiger partial charge in [0.15, 0.2) is 0 Å². The number of rotatable bonds is 4. The van der Waals surface area contributed by atoms with Crippen molar-refractivity contribution in [2.75, 3.05) is 13.1 Å². The molecule has 5 nitrogen and oxygen atoms in total. The second kappa shape index (κ2) is 7.37. The molecule has 6 heteroatoms. The minimum atomic E-state index is -0.253. The fraction of sp³-hybridized carbons (Fsp3) is 0.353. The summed E-state index contributed by atoms with van der Waals surface area (Å²) in [4.78, 5) is 30.5. The molecule has 0 N–H and O–H groups in total. The minimum absolute atomic E-state index is 0.0250. The minimum Gasteiger partial charge on any atom is -0.458 e. The quantitative estimate of drug-likeness (QED) is 0.809. The van der Waals surface area contributed by atoms with Crippen LogP contribution in [0.2, 0.25) is 0 Å². The summed E-state index contributed by atoms with van der Waals surface area (Å²) in [6, 6.07) is 9.17. The number of esters is 1. The van der Waals surface area contributed by atoms with Crippen LogP contribution in [0, 0.1) is 5.92 Å². The SMILES string of the molecule is O=C(OCc1nccs1)[C@H]1CCCN(C(=O)c2ccccc2)C1. The van der Waals surface area contributed by atoms with Crippen LogP contribution in [0.5, 0.6) is 0 Å². The summed E-state index contributed by atoms with van der Waals surface area (Å²) < 4.78 is 5.33. The zero-order valence-corrected chi connectivity index (χ0v) is 13.5. The molecule has 1 fully saturated rings. The summed E-state index contributed by atoms with van der Waals surface area (Å²) in [7, 11) is 0. The maximum absolute atomic E-state index is 12.5. The molecule has 2 aromatic rings. The van der Waals surface area contributed by atoms with Crippen LogP contribution in [0.4, 0.5) is 0 Å². The highest BCUT2D eigenvalue weighted by molar-refractivity contribution is 7.09. The van der Waals surface area contributed by atoms with E-state index < -0.39 is 0 Å².